The largest absolute Gasteiger partial charge is 0.508 e. The minimum absolute atomic E-state index is 0.193. The van der Waals surface area contributed by atoms with Gasteiger partial charge in [-0.2, -0.15) is 0 Å². The van der Waals surface area contributed by atoms with Crippen molar-refractivity contribution >= 4 is 0 Å². The molecule has 29 heavy (non-hydrogen) atoms. The monoisotopic (exact) mass is 396 g/mol. The molecule has 2 heteroatoms. The maximum absolute atomic E-state index is 9.86. The van der Waals surface area contributed by atoms with E-state index < -0.39 is 0 Å². The Kier molecular flexibility index (Phi) is 11.2. The van der Waals surface area contributed by atoms with Crippen molar-refractivity contribution in [3.05, 3.63) is 69.9 Å². The minimum atomic E-state index is 0.193. The van der Waals surface area contributed by atoms with Crippen molar-refractivity contribution in [2.24, 2.45) is 0 Å². The molecule has 160 valence electrons. The number of phenolic OH excluding ortho intramolecular Hbond substituents is 2. The first-order chi connectivity index (χ1) is 13.7. The smallest absolute Gasteiger partial charge is 0.119 e. The Morgan fingerprint density at radius 2 is 1.34 bits per heavy atom. The van der Waals surface area contributed by atoms with E-state index in [-0.39, 0.29) is 11.5 Å². The van der Waals surface area contributed by atoms with E-state index >= 15 is 0 Å². The Bertz CT molecular complexity index is 772. The lowest BCUT2D eigenvalue weighted by molar-refractivity contribution is 0.455. The van der Waals surface area contributed by atoms with Crippen LogP contribution in [0.1, 0.15) is 85.6 Å². The molecule has 2 N–H and O–H groups in total. The zero-order valence-corrected chi connectivity index (χ0v) is 19.3. The standard InChI is InChI=1S/C27H40O2/c1-20(2)9-7-12-23(5)24(6)15-13-21(3)10-8-11-22(4)14-16-25-19-26(28)17-18-27(25)29/h9-10,14,17-19,28-29H,7-8,11-13,15-16H2,1-6H3/b21-10+,22-14+,24-23+. The lowest BCUT2D eigenvalue weighted by Gasteiger charge is -2.08. The number of allylic oxidation sites excluding steroid dienone is 8. The number of hydrogen-bond acceptors (Lipinski definition) is 2. The summed E-state index contributed by atoms with van der Waals surface area (Å²) in [5.41, 5.74) is 7.99. The van der Waals surface area contributed by atoms with Crippen LogP contribution in [0.5, 0.6) is 11.5 Å². The zero-order valence-electron chi connectivity index (χ0n) is 19.3. The summed E-state index contributed by atoms with van der Waals surface area (Å²) in [5.74, 6) is 0.432. The lowest BCUT2D eigenvalue weighted by atomic mass is 9.98. The van der Waals surface area contributed by atoms with E-state index in [2.05, 4.69) is 59.8 Å². The van der Waals surface area contributed by atoms with Gasteiger partial charge in [-0.05, 0) is 105 Å². The maximum atomic E-state index is 9.86. The van der Waals surface area contributed by atoms with E-state index in [1.165, 1.54) is 40.4 Å². The van der Waals surface area contributed by atoms with E-state index in [9.17, 15) is 10.2 Å². The van der Waals surface area contributed by atoms with Crippen molar-refractivity contribution in [2.75, 3.05) is 0 Å². The first-order valence-electron chi connectivity index (χ1n) is 10.8. The third-order valence-electron chi connectivity index (χ3n) is 5.46. The van der Waals surface area contributed by atoms with Gasteiger partial charge in [0.1, 0.15) is 11.5 Å². The summed E-state index contributed by atoms with van der Waals surface area (Å²) >= 11 is 0. The molecule has 0 aliphatic carbocycles. The molecule has 1 aromatic rings. The molecule has 0 aliphatic rings. The fourth-order valence-corrected chi connectivity index (χ4v) is 3.16. The molecule has 0 amide bonds. The van der Waals surface area contributed by atoms with Crippen LogP contribution in [0.15, 0.2) is 64.3 Å². The van der Waals surface area contributed by atoms with Gasteiger partial charge in [-0.1, -0.05) is 46.1 Å². The summed E-state index contributed by atoms with van der Waals surface area (Å²) in [6.07, 6.45) is 14.1. The summed E-state index contributed by atoms with van der Waals surface area (Å²) in [6, 6.07) is 4.67. The van der Waals surface area contributed by atoms with Crippen LogP contribution in [0.2, 0.25) is 0 Å². The quantitative estimate of drug-likeness (QED) is 0.292. The number of phenols is 2. The highest BCUT2D eigenvalue weighted by Gasteiger charge is 2.02. The molecule has 2 nitrogen and oxygen atoms in total. The molecule has 0 heterocycles. The number of rotatable bonds is 11. The van der Waals surface area contributed by atoms with Gasteiger partial charge in [0.15, 0.2) is 0 Å². The first kappa shape index (κ1) is 24.8. The number of benzene rings is 1. The molecular formula is C27H40O2. The SMILES string of the molecule is CC(C)=CCC/C(C)=C(\C)CC/C(C)=C/CC/C(C)=C/Cc1cc(O)ccc1O. The Morgan fingerprint density at radius 1 is 0.724 bits per heavy atom. The highest BCUT2D eigenvalue weighted by molar-refractivity contribution is 5.39. The summed E-state index contributed by atoms with van der Waals surface area (Å²) in [4.78, 5) is 0. The highest BCUT2D eigenvalue weighted by Crippen LogP contribution is 2.23. The van der Waals surface area contributed by atoms with Gasteiger partial charge in [-0.3, -0.25) is 0 Å². The summed E-state index contributed by atoms with van der Waals surface area (Å²) in [5, 5.41) is 19.4. The number of hydrogen-bond donors (Lipinski definition) is 2. The predicted octanol–water partition coefficient (Wildman–Crippen LogP) is 8.18. The van der Waals surface area contributed by atoms with Crippen molar-refractivity contribution in [3.8, 4) is 11.5 Å². The minimum Gasteiger partial charge on any atom is -0.508 e. The summed E-state index contributed by atoms with van der Waals surface area (Å²) < 4.78 is 0. The molecule has 0 bridgehead atoms. The van der Waals surface area contributed by atoms with Crippen molar-refractivity contribution in [2.45, 2.75) is 86.5 Å². The van der Waals surface area contributed by atoms with Crippen LogP contribution < -0.4 is 0 Å². The van der Waals surface area contributed by atoms with Gasteiger partial charge in [0.25, 0.3) is 0 Å². The molecule has 0 unspecified atom stereocenters. The zero-order chi connectivity index (χ0) is 21.8. The van der Waals surface area contributed by atoms with Crippen molar-refractivity contribution in [1.29, 1.82) is 0 Å². The van der Waals surface area contributed by atoms with Crippen LogP contribution in [0.25, 0.3) is 0 Å². The van der Waals surface area contributed by atoms with Crippen LogP contribution in [0.4, 0.5) is 0 Å². The van der Waals surface area contributed by atoms with Crippen molar-refractivity contribution in [1.82, 2.24) is 0 Å². The normalized spacial score (nSPS) is 13.3. The Balaban J connectivity index is 2.42. The third-order valence-corrected chi connectivity index (χ3v) is 5.46. The Hall–Kier alpha value is -2.22. The van der Waals surface area contributed by atoms with Gasteiger partial charge < -0.3 is 10.2 Å². The summed E-state index contributed by atoms with van der Waals surface area (Å²) in [7, 11) is 0. The molecule has 0 saturated carbocycles. The van der Waals surface area contributed by atoms with Gasteiger partial charge in [-0.25, -0.2) is 0 Å². The van der Waals surface area contributed by atoms with Crippen molar-refractivity contribution < 1.29 is 10.2 Å². The molecule has 1 aromatic carbocycles. The van der Waals surface area contributed by atoms with Gasteiger partial charge in [0.05, 0.1) is 0 Å². The average Bonchev–Trinajstić information content (AvgIpc) is 2.66. The fourth-order valence-electron chi connectivity index (χ4n) is 3.16. The topological polar surface area (TPSA) is 40.5 Å². The highest BCUT2D eigenvalue weighted by atomic mass is 16.3. The Labute approximate surface area is 178 Å². The van der Waals surface area contributed by atoms with Gasteiger partial charge in [0.2, 0.25) is 0 Å². The molecule has 0 atom stereocenters. The van der Waals surface area contributed by atoms with Gasteiger partial charge in [0, 0.05) is 5.56 Å². The van der Waals surface area contributed by atoms with Crippen LogP contribution >= 0.6 is 0 Å². The molecule has 0 aromatic heterocycles. The summed E-state index contributed by atoms with van der Waals surface area (Å²) in [6.45, 7) is 13.2. The maximum Gasteiger partial charge on any atom is 0.119 e. The van der Waals surface area contributed by atoms with E-state index in [4.69, 9.17) is 0 Å². The van der Waals surface area contributed by atoms with Gasteiger partial charge in [-0.15, -0.1) is 0 Å². The molecule has 1 rings (SSSR count). The van der Waals surface area contributed by atoms with Crippen molar-refractivity contribution in [3.63, 3.8) is 0 Å². The molecule has 0 aliphatic heterocycles. The molecule has 0 saturated heterocycles. The van der Waals surface area contributed by atoms with Crippen LogP contribution in [-0.4, -0.2) is 10.2 Å². The second-order valence-electron chi connectivity index (χ2n) is 8.54. The van der Waals surface area contributed by atoms with E-state index in [0.29, 0.717) is 6.42 Å². The van der Waals surface area contributed by atoms with Crippen LogP contribution in [0, 0.1) is 0 Å². The van der Waals surface area contributed by atoms with E-state index in [0.717, 1.165) is 37.7 Å². The van der Waals surface area contributed by atoms with Crippen LogP contribution in [0.3, 0.4) is 0 Å². The molecular weight excluding hydrogens is 356 g/mol. The molecule has 0 radical (unpaired) electrons. The predicted molar refractivity (Wildman–Crippen MR) is 126 cm³/mol. The first-order valence-corrected chi connectivity index (χ1v) is 10.8. The Morgan fingerprint density at radius 3 is 2.03 bits per heavy atom. The second-order valence-corrected chi connectivity index (χ2v) is 8.54. The molecule has 0 fully saturated rings. The van der Waals surface area contributed by atoms with E-state index in [1.54, 1.807) is 12.1 Å². The molecule has 0 spiro atoms. The number of aromatic hydroxyl groups is 2. The van der Waals surface area contributed by atoms with E-state index in [1.807, 2.05) is 0 Å². The average molecular weight is 397 g/mol. The van der Waals surface area contributed by atoms with Gasteiger partial charge >= 0.3 is 0 Å². The van der Waals surface area contributed by atoms with Crippen LogP contribution in [-0.2, 0) is 6.42 Å². The third kappa shape index (κ3) is 10.8. The second kappa shape index (κ2) is 13.1. The fraction of sp³-hybridized carbons (Fsp3) is 0.481. The lowest BCUT2D eigenvalue weighted by Crippen LogP contribution is -1.88.